The van der Waals surface area contributed by atoms with Crippen LogP contribution in [-0.4, -0.2) is 24.1 Å². The summed E-state index contributed by atoms with van der Waals surface area (Å²) in [6.07, 6.45) is 6.22. The first-order valence-corrected chi connectivity index (χ1v) is 12.4. The highest BCUT2D eigenvalue weighted by Crippen LogP contribution is 2.67. The van der Waals surface area contributed by atoms with Gasteiger partial charge >= 0.3 is 11.9 Å². The van der Waals surface area contributed by atoms with Crippen molar-refractivity contribution in [2.75, 3.05) is 0 Å². The summed E-state index contributed by atoms with van der Waals surface area (Å²) in [5, 5.41) is 0. The van der Waals surface area contributed by atoms with Gasteiger partial charge in [-0.25, -0.2) is 9.59 Å². The molecule has 0 spiro atoms. The van der Waals surface area contributed by atoms with Gasteiger partial charge in [-0.2, -0.15) is 0 Å². The molecule has 4 aliphatic carbocycles. The Hall–Kier alpha value is -1.84. The minimum atomic E-state index is -0.397. The van der Waals surface area contributed by atoms with Gasteiger partial charge < -0.3 is 9.47 Å². The van der Waals surface area contributed by atoms with E-state index in [0.29, 0.717) is 23.0 Å². The van der Waals surface area contributed by atoms with Crippen molar-refractivity contribution in [1.29, 1.82) is 0 Å². The third-order valence-electron chi connectivity index (χ3n) is 11.3. The second-order valence-electron chi connectivity index (χ2n) is 12.6. The van der Waals surface area contributed by atoms with Gasteiger partial charge in [0.15, 0.2) is 0 Å². The van der Waals surface area contributed by atoms with E-state index < -0.39 is 11.9 Å². The molecule has 1 aromatic carbocycles. The molecule has 5 rings (SSSR count). The largest absolute Gasteiger partial charge is 0.458 e. The van der Waals surface area contributed by atoms with Gasteiger partial charge in [-0.05, 0) is 73.3 Å². The van der Waals surface area contributed by atoms with Crippen molar-refractivity contribution in [3.05, 3.63) is 35.4 Å². The van der Waals surface area contributed by atoms with Gasteiger partial charge in [0.2, 0.25) is 0 Å². The minimum Gasteiger partial charge on any atom is -0.458 e. The maximum atomic E-state index is 13.3. The van der Waals surface area contributed by atoms with Crippen molar-refractivity contribution in [2.24, 2.45) is 33.5 Å². The molecule has 174 valence electrons. The predicted octanol–water partition coefficient (Wildman–Crippen LogP) is 6.43. The van der Waals surface area contributed by atoms with Gasteiger partial charge in [-0.1, -0.05) is 53.7 Å². The van der Waals surface area contributed by atoms with E-state index in [-0.39, 0.29) is 33.9 Å². The molecule has 0 saturated heterocycles. The standard InChI is InChI=1S/C28H38O4/c1-25(2)17-11-13-27(25,5)21(15-17)31-23(29)19-9-7-8-10-20(19)24(30)32-22-16-18-12-14-28(22,6)26(18,3)4/h7-10,17-18,21-22H,11-16H2,1-6H3/t17-,18-,21?,22?,27+,28+/m0/s1. The zero-order chi connectivity index (χ0) is 23.1. The molecule has 0 N–H and O–H groups in total. The molecule has 4 aliphatic rings. The summed E-state index contributed by atoms with van der Waals surface area (Å²) < 4.78 is 12.2. The lowest BCUT2D eigenvalue weighted by Crippen LogP contribution is -2.39. The normalized spacial score (nSPS) is 40.4. The third-order valence-corrected chi connectivity index (χ3v) is 11.3. The molecular formula is C28H38O4. The van der Waals surface area contributed by atoms with Crippen LogP contribution in [0.15, 0.2) is 24.3 Å². The van der Waals surface area contributed by atoms with Crippen LogP contribution >= 0.6 is 0 Å². The topological polar surface area (TPSA) is 52.6 Å². The van der Waals surface area contributed by atoms with E-state index in [1.807, 2.05) is 0 Å². The maximum Gasteiger partial charge on any atom is 0.339 e. The number of esters is 2. The smallest absolute Gasteiger partial charge is 0.339 e. The first-order chi connectivity index (χ1) is 14.9. The summed E-state index contributed by atoms with van der Waals surface area (Å²) >= 11 is 0. The molecule has 1 aromatic rings. The van der Waals surface area contributed by atoms with Crippen LogP contribution in [0.4, 0.5) is 0 Å². The molecule has 6 atom stereocenters. The second kappa shape index (κ2) is 6.84. The Morgan fingerprint density at radius 1 is 0.719 bits per heavy atom. The summed E-state index contributed by atoms with van der Waals surface area (Å²) in [5.41, 5.74) is 0.974. The Kier molecular flexibility index (Phi) is 4.69. The molecule has 4 bridgehead atoms. The van der Waals surface area contributed by atoms with Crippen molar-refractivity contribution in [1.82, 2.24) is 0 Å². The molecular weight excluding hydrogens is 400 g/mol. The van der Waals surface area contributed by atoms with Crippen LogP contribution in [0.25, 0.3) is 0 Å². The highest BCUT2D eigenvalue weighted by atomic mass is 16.6. The lowest BCUT2D eigenvalue weighted by atomic mass is 9.70. The molecule has 0 amide bonds. The fraction of sp³-hybridized carbons (Fsp3) is 0.714. The van der Waals surface area contributed by atoms with Crippen molar-refractivity contribution < 1.29 is 19.1 Å². The van der Waals surface area contributed by atoms with Gasteiger partial charge in [0.25, 0.3) is 0 Å². The summed E-state index contributed by atoms with van der Waals surface area (Å²) in [4.78, 5) is 26.5. The van der Waals surface area contributed by atoms with Gasteiger partial charge in [-0.15, -0.1) is 0 Å². The Balaban J connectivity index is 1.34. The molecule has 2 unspecified atom stereocenters. The average Bonchev–Trinajstić information content (AvgIpc) is 3.25. The molecule has 4 nitrogen and oxygen atoms in total. The molecule has 0 aromatic heterocycles. The SMILES string of the molecule is CC1(C)[C@H]2CC[C@]1(C)C(OC(=O)c1ccccc1C(=O)OC1C[C@@H]3CC[C@@]1(C)C3(C)C)C2. The van der Waals surface area contributed by atoms with E-state index in [4.69, 9.17) is 9.47 Å². The van der Waals surface area contributed by atoms with E-state index in [1.165, 1.54) is 12.8 Å². The summed E-state index contributed by atoms with van der Waals surface area (Å²) in [5.74, 6) is 0.387. The third kappa shape index (κ3) is 2.73. The summed E-state index contributed by atoms with van der Waals surface area (Å²) in [6, 6.07) is 6.99. The number of ether oxygens (including phenoxy) is 2. The fourth-order valence-corrected chi connectivity index (χ4v) is 7.84. The van der Waals surface area contributed by atoms with E-state index >= 15 is 0 Å². The minimum absolute atomic E-state index is 0.00790. The lowest BCUT2D eigenvalue weighted by molar-refractivity contribution is -0.0275. The Bertz CT molecular complexity index is 885. The van der Waals surface area contributed by atoms with Gasteiger partial charge in [0, 0.05) is 10.8 Å². The number of rotatable bonds is 4. The molecule has 4 heteroatoms. The van der Waals surface area contributed by atoms with Gasteiger partial charge in [0.1, 0.15) is 12.2 Å². The second-order valence-corrected chi connectivity index (χ2v) is 12.6. The van der Waals surface area contributed by atoms with Crippen LogP contribution in [0.1, 0.15) is 101 Å². The first-order valence-electron chi connectivity index (χ1n) is 12.4. The predicted molar refractivity (Wildman–Crippen MR) is 123 cm³/mol. The molecule has 32 heavy (non-hydrogen) atoms. The monoisotopic (exact) mass is 438 g/mol. The van der Waals surface area contributed by atoms with E-state index in [0.717, 1.165) is 25.7 Å². The number of carbonyl (C=O) groups is 2. The maximum absolute atomic E-state index is 13.3. The highest BCUT2D eigenvalue weighted by molar-refractivity contribution is 6.03. The summed E-state index contributed by atoms with van der Waals surface area (Å²) in [7, 11) is 0. The number of hydrogen-bond donors (Lipinski definition) is 0. The summed E-state index contributed by atoms with van der Waals surface area (Å²) in [6.45, 7) is 13.7. The molecule has 0 radical (unpaired) electrons. The Morgan fingerprint density at radius 3 is 1.38 bits per heavy atom. The van der Waals surface area contributed by atoms with Crippen LogP contribution in [0.2, 0.25) is 0 Å². The van der Waals surface area contributed by atoms with Crippen molar-refractivity contribution in [3.8, 4) is 0 Å². The van der Waals surface area contributed by atoms with E-state index in [9.17, 15) is 9.59 Å². The molecule has 4 saturated carbocycles. The molecule has 0 heterocycles. The van der Waals surface area contributed by atoms with Crippen LogP contribution in [-0.2, 0) is 9.47 Å². The van der Waals surface area contributed by atoms with Crippen molar-refractivity contribution >= 4 is 11.9 Å². The number of fused-ring (bicyclic) bond motifs is 4. The number of carbonyl (C=O) groups excluding carboxylic acids is 2. The van der Waals surface area contributed by atoms with Crippen LogP contribution < -0.4 is 0 Å². The number of hydrogen-bond acceptors (Lipinski definition) is 4. The molecule has 0 aliphatic heterocycles. The fourth-order valence-electron chi connectivity index (χ4n) is 7.84. The lowest BCUT2D eigenvalue weighted by Gasteiger charge is -2.38. The zero-order valence-corrected chi connectivity index (χ0v) is 20.5. The average molecular weight is 439 g/mol. The van der Waals surface area contributed by atoms with E-state index in [1.54, 1.807) is 24.3 Å². The van der Waals surface area contributed by atoms with Crippen LogP contribution in [0.5, 0.6) is 0 Å². The first kappa shape index (κ1) is 22.0. The molecule has 4 fully saturated rings. The quantitative estimate of drug-likeness (QED) is 0.508. The van der Waals surface area contributed by atoms with Crippen molar-refractivity contribution in [2.45, 2.75) is 92.3 Å². The Labute approximate surface area is 192 Å². The van der Waals surface area contributed by atoms with Crippen LogP contribution in [0, 0.1) is 33.5 Å². The highest BCUT2D eigenvalue weighted by Gasteiger charge is 2.64. The van der Waals surface area contributed by atoms with Gasteiger partial charge in [-0.3, -0.25) is 0 Å². The number of benzene rings is 1. The van der Waals surface area contributed by atoms with Crippen LogP contribution in [0.3, 0.4) is 0 Å². The van der Waals surface area contributed by atoms with Gasteiger partial charge in [0.05, 0.1) is 11.1 Å². The Morgan fingerprint density at radius 2 is 1.09 bits per heavy atom. The van der Waals surface area contributed by atoms with Crippen molar-refractivity contribution in [3.63, 3.8) is 0 Å². The zero-order valence-electron chi connectivity index (χ0n) is 20.5. The van der Waals surface area contributed by atoms with E-state index in [2.05, 4.69) is 41.5 Å².